The van der Waals surface area contributed by atoms with Gasteiger partial charge in [0.05, 0.1) is 12.0 Å². The summed E-state index contributed by atoms with van der Waals surface area (Å²) in [6.45, 7) is 7.52. The van der Waals surface area contributed by atoms with Crippen molar-refractivity contribution in [2.45, 2.75) is 5.41 Å². The monoisotopic (exact) mass is 774 g/mol. The maximum atomic E-state index is 7.52. The van der Waals surface area contributed by atoms with Gasteiger partial charge in [-0.05, 0) is 83.6 Å². The Hall–Kier alpha value is -8.26. The molecule has 61 heavy (non-hydrogen) atoms. The third kappa shape index (κ3) is 5.28. The maximum Gasteiger partial charge on any atom is 0.187 e. The topological polar surface area (TPSA) is 43.0 Å². The van der Waals surface area contributed by atoms with Gasteiger partial charge in [0.2, 0.25) is 0 Å². The molecule has 4 nitrogen and oxygen atoms in total. The van der Waals surface area contributed by atoms with Crippen LogP contribution in [0.15, 0.2) is 206 Å². The van der Waals surface area contributed by atoms with Crippen LogP contribution >= 0.6 is 0 Å². The Morgan fingerprint density at radius 2 is 0.787 bits per heavy atom. The van der Waals surface area contributed by atoms with E-state index in [1.165, 1.54) is 55.3 Å². The first-order valence-corrected chi connectivity index (χ1v) is 20.6. The van der Waals surface area contributed by atoms with E-state index in [2.05, 4.69) is 138 Å². The standard InChI is InChI=1S/C57H34N4/c1-58-42-30-27-37(28-31-42)43-33-34-48-46-32-29-41(35-52(46)57(51-22-12-19-47(43)53(48)51)49-20-10-8-17-44(49)45-18-9-11-21-50(45)57)36-23-25-40(26-24-36)56-60-54(38-13-4-2-5-14-38)59-55(61-56)39-15-6-3-7-16-39/h2-35H. The summed E-state index contributed by atoms with van der Waals surface area (Å²) in [5.41, 5.74) is 17.6. The maximum absolute atomic E-state index is 7.52. The van der Waals surface area contributed by atoms with Gasteiger partial charge >= 0.3 is 0 Å². The molecule has 12 rings (SSSR count). The molecule has 0 aliphatic heterocycles. The van der Waals surface area contributed by atoms with Crippen molar-refractivity contribution >= 4 is 16.5 Å². The fraction of sp³-hybridized carbons (Fsp3) is 0.0175. The number of rotatable bonds is 5. The van der Waals surface area contributed by atoms with Gasteiger partial charge in [0.25, 0.3) is 0 Å². The molecule has 0 N–H and O–H groups in total. The zero-order valence-corrected chi connectivity index (χ0v) is 32.9. The summed E-state index contributed by atoms with van der Waals surface area (Å²) < 4.78 is 0. The Kier molecular flexibility index (Phi) is 7.78. The second-order valence-corrected chi connectivity index (χ2v) is 15.8. The molecule has 0 atom stereocenters. The van der Waals surface area contributed by atoms with E-state index < -0.39 is 5.41 Å². The summed E-state index contributed by atoms with van der Waals surface area (Å²) in [6, 6.07) is 73.2. The van der Waals surface area contributed by atoms with Crippen molar-refractivity contribution in [2.75, 3.05) is 0 Å². The quantitative estimate of drug-likeness (QED) is 0.164. The van der Waals surface area contributed by atoms with Crippen LogP contribution in [-0.4, -0.2) is 15.0 Å². The lowest BCUT2D eigenvalue weighted by Gasteiger charge is -2.40. The first-order chi connectivity index (χ1) is 30.2. The van der Waals surface area contributed by atoms with E-state index in [9.17, 15) is 0 Å². The minimum absolute atomic E-state index is 0.551. The van der Waals surface area contributed by atoms with E-state index in [1.807, 2.05) is 72.8 Å². The molecule has 0 saturated carbocycles. The van der Waals surface area contributed by atoms with Gasteiger partial charge in [-0.3, -0.25) is 0 Å². The normalized spacial score (nSPS) is 12.7. The Morgan fingerprint density at radius 1 is 0.328 bits per heavy atom. The van der Waals surface area contributed by atoms with Crippen LogP contribution in [0.2, 0.25) is 0 Å². The average Bonchev–Trinajstić information content (AvgIpc) is 3.64. The predicted molar refractivity (Wildman–Crippen MR) is 247 cm³/mol. The average molecular weight is 775 g/mol. The highest BCUT2D eigenvalue weighted by Crippen LogP contribution is 2.62. The van der Waals surface area contributed by atoms with E-state index in [0.717, 1.165) is 38.9 Å². The zero-order chi connectivity index (χ0) is 40.5. The molecule has 0 bridgehead atoms. The van der Waals surface area contributed by atoms with E-state index in [-0.39, 0.29) is 0 Å². The summed E-state index contributed by atoms with van der Waals surface area (Å²) in [5, 5.41) is 2.48. The highest BCUT2D eigenvalue weighted by atomic mass is 15.0. The summed E-state index contributed by atoms with van der Waals surface area (Å²) in [5.74, 6) is 1.92. The van der Waals surface area contributed by atoms with Crippen molar-refractivity contribution in [3.63, 3.8) is 0 Å². The van der Waals surface area contributed by atoms with E-state index in [0.29, 0.717) is 23.2 Å². The molecular formula is C57H34N4. The van der Waals surface area contributed by atoms with Crippen molar-refractivity contribution in [2.24, 2.45) is 0 Å². The fourth-order valence-corrected chi connectivity index (χ4v) is 9.89. The fourth-order valence-electron chi connectivity index (χ4n) is 9.89. The molecule has 10 aromatic rings. The van der Waals surface area contributed by atoms with Crippen molar-refractivity contribution in [3.05, 3.63) is 240 Å². The van der Waals surface area contributed by atoms with Crippen LogP contribution in [-0.2, 0) is 5.41 Å². The van der Waals surface area contributed by atoms with E-state index in [1.54, 1.807) is 0 Å². The molecular weight excluding hydrogens is 741 g/mol. The van der Waals surface area contributed by atoms with E-state index in [4.69, 9.17) is 21.5 Å². The van der Waals surface area contributed by atoms with Crippen LogP contribution in [0, 0.1) is 6.57 Å². The Bertz CT molecular complexity index is 3300. The van der Waals surface area contributed by atoms with Crippen LogP contribution in [0.3, 0.4) is 0 Å². The van der Waals surface area contributed by atoms with Gasteiger partial charge in [0.1, 0.15) is 0 Å². The zero-order valence-electron chi connectivity index (χ0n) is 32.9. The summed E-state index contributed by atoms with van der Waals surface area (Å²) >= 11 is 0. The first-order valence-electron chi connectivity index (χ1n) is 20.6. The lowest BCUT2D eigenvalue weighted by Crippen LogP contribution is -2.32. The van der Waals surface area contributed by atoms with Gasteiger partial charge < -0.3 is 0 Å². The van der Waals surface area contributed by atoms with Crippen molar-refractivity contribution in [1.29, 1.82) is 0 Å². The van der Waals surface area contributed by atoms with Crippen molar-refractivity contribution < 1.29 is 0 Å². The Balaban J connectivity index is 1.04. The highest BCUT2D eigenvalue weighted by Gasteiger charge is 2.50. The van der Waals surface area contributed by atoms with Crippen LogP contribution in [0.5, 0.6) is 0 Å². The number of nitrogens with zero attached hydrogens (tertiary/aromatic N) is 4. The molecule has 0 saturated heterocycles. The van der Waals surface area contributed by atoms with Crippen LogP contribution in [0.25, 0.3) is 94.3 Å². The molecule has 282 valence electrons. The highest BCUT2D eigenvalue weighted by molar-refractivity contribution is 6.12. The molecule has 0 unspecified atom stereocenters. The van der Waals surface area contributed by atoms with Crippen molar-refractivity contribution in [1.82, 2.24) is 15.0 Å². The second kappa shape index (κ2) is 13.7. The van der Waals surface area contributed by atoms with Crippen LogP contribution < -0.4 is 0 Å². The lowest BCUT2D eigenvalue weighted by atomic mass is 9.61. The second-order valence-electron chi connectivity index (χ2n) is 15.8. The summed E-state index contributed by atoms with van der Waals surface area (Å²) in [6.07, 6.45) is 0. The van der Waals surface area contributed by atoms with Crippen LogP contribution in [0.4, 0.5) is 5.69 Å². The molecule has 1 heterocycles. The largest absolute Gasteiger partial charge is 0.238 e. The molecule has 4 heteroatoms. The van der Waals surface area contributed by atoms with Gasteiger partial charge in [-0.25, -0.2) is 19.8 Å². The molecule has 9 aromatic carbocycles. The van der Waals surface area contributed by atoms with Gasteiger partial charge in [0.15, 0.2) is 23.2 Å². The SMILES string of the molecule is [C-]#[N+]c1ccc(-c2ccc3c4c(cccc24)C2(c4ccccc4-c4ccccc42)c2cc(-c4ccc(-c5nc(-c6ccccc6)nc(-c6ccccc6)n5)cc4)ccc2-3)cc1. The van der Waals surface area contributed by atoms with Crippen LogP contribution in [0.1, 0.15) is 22.3 Å². The molecule has 0 fully saturated rings. The smallest absolute Gasteiger partial charge is 0.187 e. The molecule has 1 aromatic heterocycles. The number of hydrogen-bond acceptors (Lipinski definition) is 3. The van der Waals surface area contributed by atoms with E-state index >= 15 is 0 Å². The summed E-state index contributed by atoms with van der Waals surface area (Å²) in [4.78, 5) is 18.5. The Morgan fingerprint density at radius 3 is 1.39 bits per heavy atom. The number of aromatic nitrogens is 3. The molecule has 0 radical (unpaired) electrons. The summed E-state index contributed by atoms with van der Waals surface area (Å²) in [7, 11) is 0. The molecule has 0 amide bonds. The number of benzene rings is 9. The number of fused-ring (bicyclic) bond motifs is 9. The first kappa shape index (κ1) is 34.8. The predicted octanol–water partition coefficient (Wildman–Crippen LogP) is 14.3. The third-order valence-electron chi connectivity index (χ3n) is 12.6. The molecule has 1 spiro atoms. The van der Waals surface area contributed by atoms with Gasteiger partial charge in [-0.2, -0.15) is 0 Å². The minimum Gasteiger partial charge on any atom is -0.238 e. The van der Waals surface area contributed by atoms with Crippen molar-refractivity contribution in [3.8, 4) is 78.7 Å². The Labute approximate surface area is 354 Å². The molecule has 2 aliphatic rings. The van der Waals surface area contributed by atoms with Gasteiger partial charge in [0, 0.05) is 16.7 Å². The third-order valence-corrected chi connectivity index (χ3v) is 12.6. The van der Waals surface area contributed by atoms with Gasteiger partial charge in [-0.15, -0.1) is 0 Å². The lowest BCUT2D eigenvalue weighted by molar-refractivity contribution is 0.774. The molecule has 2 aliphatic carbocycles. The number of hydrogen-bond donors (Lipinski definition) is 0. The minimum atomic E-state index is -0.551. The van der Waals surface area contributed by atoms with Gasteiger partial charge in [-0.1, -0.05) is 200 Å².